The molecule has 16 heavy (non-hydrogen) atoms. The van der Waals surface area contributed by atoms with Crippen LogP contribution in [0.5, 0.6) is 0 Å². The van der Waals surface area contributed by atoms with E-state index in [0.717, 1.165) is 0 Å². The van der Waals surface area contributed by atoms with Gasteiger partial charge in [0.05, 0.1) is 6.07 Å². The average molecular weight is 218 g/mol. The maximum atomic E-state index is 13.2. The molecule has 4 heteroatoms. The molecule has 0 aromatic heterocycles. The second-order valence-corrected chi connectivity index (χ2v) is 3.97. The molecular weight excluding hydrogens is 207 g/mol. The van der Waals surface area contributed by atoms with Crippen molar-refractivity contribution < 1.29 is 9.18 Å². The van der Waals surface area contributed by atoms with Crippen molar-refractivity contribution in [1.29, 1.82) is 5.26 Å². The van der Waals surface area contributed by atoms with E-state index in [0.29, 0.717) is 18.4 Å². The third-order valence-corrected chi connectivity index (χ3v) is 2.80. The number of nitriles is 1. The Morgan fingerprint density at radius 3 is 2.75 bits per heavy atom. The fourth-order valence-corrected chi connectivity index (χ4v) is 1.50. The zero-order valence-electron chi connectivity index (χ0n) is 8.66. The Bertz CT molecular complexity index is 460. The number of nitrogens with one attached hydrogen (secondary N) is 1. The van der Waals surface area contributed by atoms with Gasteiger partial charge in [-0.3, -0.25) is 4.79 Å². The molecular formula is C12H11FN2O. The minimum Gasteiger partial charge on any atom is -0.351 e. The first-order valence-electron chi connectivity index (χ1n) is 5.11. The van der Waals surface area contributed by atoms with E-state index in [-0.39, 0.29) is 18.3 Å². The minimum absolute atomic E-state index is 0.134. The highest BCUT2D eigenvalue weighted by molar-refractivity contribution is 5.88. The molecule has 1 N–H and O–H groups in total. The van der Waals surface area contributed by atoms with Crippen LogP contribution in [-0.2, 0) is 11.3 Å². The van der Waals surface area contributed by atoms with E-state index in [1.807, 2.05) is 6.07 Å². The molecule has 1 aliphatic carbocycles. The average Bonchev–Trinajstić information content (AvgIpc) is 3.08. The van der Waals surface area contributed by atoms with Gasteiger partial charge in [0.2, 0.25) is 5.91 Å². The first-order valence-corrected chi connectivity index (χ1v) is 5.11. The zero-order valence-corrected chi connectivity index (χ0v) is 8.66. The SMILES string of the molecule is N#CC1(C(=O)NCc2ccccc2F)CC1. The normalized spacial score (nSPS) is 16.2. The monoisotopic (exact) mass is 218 g/mol. The maximum Gasteiger partial charge on any atom is 0.240 e. The van der Waals surface area contributed by atoms with Gasteiger partial charge in [-0.2, -0.15) is 5.26 Å². The van der Waals surface area contributed by atoms with Crippen LogP contribution in [0.2, 0.25) is 0 Å². The second-order valence-electron chi connectivity index (χ2n) is 3.97. The molecule has 3 nitrogen and oxygen atoms in total. The number of carbonyl (C=O) groups is 1. The number of hydrogen-bond donors (Lipinski definition) is 1. The molecule has 0 unspecified atom stereocenters. The summed E-state index contributed by atoms with van der Waals surface area (Å²) in [7, 11) is 0. The summed E-state index contributed by atoms with van der Waals surface area (Å²) >= 11 is 0. The van der Waals surface area contributed by atoms with Gasteiger partial charge in [-0.05, 0) is 18.9 Å². The number of carbonyl (C=O) groups excluding carboxylic acids is 1. The van der Waals surface area contributed by atoms with Crippen LogP contribution in [-0.4, -0.2) is 5.91 Å². The molecule has 82 valence electrons. The van der Waals surface area contributed by atoms with Crippen LogP contribution in [0.15, 0.2) is 24.3 Å². The van der Waals surface area contributed by atoms with Gasteiger partial charge in [0.25, 0.3) is 0 Å². The van der Waals surface area contributed by atoms with E-state index < -0.39 is 5.41 Å². The number of amides is 1. The van der Waals surface area contributed by atoms with Crippen LogP contribution in [0.1, 0.15) is 18.4 Å². The Morgan fingerprint density at radius 2 is 2.19 bits per heavy atom. The molecule has 1 fully saturated rings. The molecule has 1 saturated carbocycles. The summed E-state index contributed by atoms with van der Waals surface area (Å²) in [6, 6.07) is 8.26. The molecule has 0 saturated heterocycles. The summed E-state index contributed by atoms with van der Waals surface area (Å²) in [5.41, 5.74) is -0.407. The van der Waals surface area contributed by atoms with Crippen molar-refractivity contribution in [3.05, 3.63) is 35.6 Å². The van der Waals surface area contributed by atoms with Crippen molar-refractivity contribution in [3.63, 3.8) is 0 Å². The van der Waals surface area contributed by atoms with Crippen molar-refractivity contribution in [1.82, 2.24) is 5.32 Å². The number of halogens is 1. The minimum atomic E-state index is -0.842. The first kappa shape index (κ1) is 10.6. The highest BCUT2D eigenvalue weighted by atomic mass is 19.1. The third kappa shape index (κ3) is 1.89. The molecule has 1 aliphatic rings. The number of nitrogens with zero attached hydrogens (tertiary/aromatic N) is 1. The summed E-state index contributed by atoms with van der Waals surface area (Å²) in [4.78, 5) is 11.6. The molecule has 1 aromatic rings. The van der Waals surface area contributed by atoms with E-state index in [1.165, 1.54) is 6.07 Å². The molecule has 1 aromatic carbocycles. The van der Waals surface area contributed by atoms with Gasteiger partial charge in [0.15, 0.2) is 0 Å². The van der Waals surface area contributed by atoms with Gasteiger partial charge >= 0.3 is 0 Å². The number of benzene rings is 1. The van der Waals surface area contributed by atoms with Gasteiger partial charge in [-0.1, -0.05) is 18.2 Å². The largest absolute Gasteiger partial charge is 0.351 e. The Morgan fingerprint density at radius 1 is 1.50 bits per heavy atom. The standard InChI is InChI=1S/C12H11FN2O/c13-10-4-2-1-3-9(10)7-15-11(16)12(8-14)5-6-12/h1-4H,5-7H2,(H,15,16). The Balaban J connectivity index is 1.96. The van der Waals surface area contributed by atoms with Crippen molar-refractivity contribution in [3.8, 4) is 6.07 Å². The zero-order chi connectivity index (χ0) is 11.6. The van der Waals surface area contributed by atoms with Gasteiger partial charge in [-0.15, -0.1) is 0 Å². The van der Waals surface area contributed by atoms with Gasteiger partial charge < -0.3 is 5.32 Å². The molecule has 1 amide bonds. The lowest BCUT2D eigenvalue weighted by molar-refractivity contribution is -0.124. The summed E-state index contributed by atoms with van der Waals surface area (Å²) < 4.78 is 13.2. The van der Waals surface area contributed by atoms with Crippen LogP contribution in [0.25, 0.3) is 0 Å². The Hall–Kier alpha value is -1.89. The predicted octanol–water partition coefficient (Wildman–Crippen LogP) is 1.75. The summed E-state index contributed by atoms with van der Waals surface area (Å²) in [5, 5.41) is 11.4. The highest BCUT2D eigenvalue weighted by Gasteiger charge is 2.50. The smallest absolute Gasteiger partial charge is 0.240 e. The molecule has 0 atom stereocenters. The molecule has 2 rings (SSSR count). The quantitative estimate of drug-likeness (QED) is 0.840. The number of hydrogen-bond acceptors (Lipinski definition) is 2. The maximum absolute atomic E-state index is 13.2. The lowest BCUT2D eigenvalue weighted by Crippen LogP contribution is -2.30. The summed E-state index contributed by atoms with van der Waals surface area (Å²) in [6.07, 6.45) is 1.21. The molecule has 0 spiro atoms. The van der Waals surface area contributed by atoms with Crippen LogP contribution >= 0.6 is 0 Å². The van der Waals surface area contributed by atoms with Gasteiger partial charge in [-0.25, -0.2) is 4.39 Å². The Kier molecular flexibility index (Phi) is 2.61. The highest BCUT2D eigenvalue weighted by Crippen LogP contribution is 2.44. The Labute approximate surface area is 92.9 Å². The van der Waals surface area contributed by atoms with Crippen molar-refractivity contribution in [2.45, 2.75) is 19.4 Å². The predicted molar refractivity (Wildman–Crippen MR) is 55.5 cm³/mol. The van der Waals surface area contributed by atoms with E-state index in [9.17, 15) is 9.18 Å². The third-order valence-electron chi connectivity index (χ3n) is 2.80. The van der Waals surface area contributed by atoms with E-state index >= 15 is 0 Å². The fraction of sp³-hybridized carbons (Fsp3) is 0.333. The lowest BCUT2D eigenvalue weighted by Gasteiger charge is -2.08. The first-order chi connectivity index (χ1) is 7.68. The van der Waals surface area contributed by atoms with Crippen LogP contribution in [0.3, 0.4) is 0 Å². The topological polar surface area (TPSA) is 52.9 Å². The van der Waals surface area contributed by atoms with Gasteiger partial charge in [0, 0.05) is 12.1 Å². The number of rotatable bonds is 3. The van der Waals surface area contributed by atoms with E-state index in [2.05, 4.69) is 5.32 Å². The van der Waals surface area contributed by atoms with Crippen molar-refractivity contribution in [2.24, 2.45) is 5.41 Å². The van der Waals surface area contributed by atoms with Crippen molar-refractivity contribution >= 4 is 5.91 Å². The van der Waals surface area contributed by atoms with E-state index in [4.69, 9.17) is 5.26 Å². The van der Waals surface area contributed by atoms with E-state index in [1.54, 1.807) is 18.2 Å². The fourth-order valence-electron chi connectivity index (χ4n) is 1.50. The molecule has 0 heterocycles. The van der Waals surface area contributed by atoms with Gasteiger partial charge in [0.1, 0.15) is 11.2 Å². The van der Waals surface area contributed by atoms with Crippen molar-refractivity contribution in [2.75, 3.05) is 0 Å². The summed E-state index contributed by atoms with van der Waals surface area (Å²) in [5.74, 6) is -0.636. The molecule has 0 bridgehead atoms. The van der Waals surface area contributed by atoms with Crippen LogP contribution < -0.4 is 5.32 Å². The molecule has 0 radical (unpaired) electrons. The van der Waals surface area contributed by atoms with Crippen LogP contribution in [0, 0.1) is 22.6 Å². The van der Waals surface area contributed by atoms with Crippen LogP contribution in [0.4, 0.5) is 4.39 Å². The second kappa shape index (κ2) is 3.93. The molecule has 0 aliphatic heterocycles. The lowest BCUT2D eigenvalue weighted by atomic mass is 10.1. The summed E-state index contributed by atoms with van der Waals surface area (Å²) in [6.45, 7) is 0.134.